The van der Waals surface area contributed by atoms with E-state index in [1.165, 1.54) is 5.56 Å². The highest BCUT2D eigenvalue weighted by Crippen LogP contribution is 2.29. The molecule has 148 valence electrons. The lowest BCUT2D eigenvalue weighted by Gasteiger charge is -2.31. The molecule has 2 aliphatic rings. The first-order valence-corrected chi connectivity index (χ1v) is 9.98. The summed E-state index contributed by atoms with van der Waals surface area (Å²) in [4.78, 5) is 4.60. The molecule has 0 radical (unpaired) electrons. The summed E-state index contributed by atoms with van der Waals surface area (Å²) in [6, 6.07) is 18.6. The monoisotopic (exact) mass is 398 g/mol. The topological polar surface area (TPSA) is 40.2 Å². The summed E-state index contributed by atoms with van der Waals surface area (Å²) in [6.45, 7) is 4.90. The molecule has 2 aliphatic heterocycles. The summed E-state index contributed by atoms with van der Waals surface area (Å²) < 4.78 is 10.8. The number of benzene rings is 2. The van der Waals surface area contributed by atoms with Crippen LogP contribution in [0.4, 0.5) is 0 Å². The summed E-state index contributed by atoms with van der Waals surface area (Å²) in [5, 5.41) is 2.90. The Morgan fingerprint density at radius 2 is 1.79 bits per heavy atom. The Kier molecular flexibility index (Phi) is 6.07. The lowest BCUT2D eigenvalue weighted by molar-refractivity contribution is 0.0157. The van der Waals surface area contributed by atoms with Crippen LogP contribution in [0.15, 0.2) is 54.6 Å². The first-order valence-electron chi connectivity index (χ1n) is 9.57. The SMILES string of the molecule is COc1ccc([C@H]2NN(CN3CCOCC3)C(=S)N2Cc2ccccc2)cc1. The van der Waals surface area contributed by atoms with Gasteiger partial charge < -0.3 is 14.4 Å². The Morgan fingerprint density at radius 1 is 1.07 bits per heavy atom. The zero-order valence-corrected chi connectivity index (χ0v) is 16.9. The number of nitrogens with zero attached hydrogens (tertiary/aromatic N) is 3. The van der Waals surface area contributed by atoms with Crippen LogP contribution in [0.25, 0.3) is 0 Å². The van der Waals surface area contributed by atoms with Crippen molar-refractivity contribution in [2.24, 2.45) is 0 Å². The van der Waals surface area contributed by atoms with Crippen molar-refractivity contribution in [2.45, 2.75) is 12.7 Å². The highest BCUT2D eigenvalue weighted by molar-refractivity contribution is 7.80. The zero-order chi connectivity index (χ0) is 19.3. The number of thiocarbonyl (C=S) groups is 1. The Hall–Kier alpha value is -2.19. The second-order valence-corrected chi connectivity index (χ2v) is 7.37. The Balaban J connectivity index is 1.55. The van der Waals surface area contributed by atoms with Crippen LogP contribution in [0, 0.1) is 0 Å². The van der Waals surface area contributed by atoms with Gasteiger partial charge in [-0.2, -0.15) is 0 Å². The number of rotatable bonds is 6. The summed E-state index contributed by atoms with van der Waals surface area (Å²) in [6.07, 6.45) is -0.0142. The van der Waals surface area contributed by atoms with Gasteiger partial charge in [-0.15, -0.1) is 0 Å². The third kappa shape index (κ3) is 4.28. The first kappa shape index (κ1) is 19.1. The fourth-order valence-electron chi connectivity index (χ4n) is 3.56. The summed E-state index contributed by atoms with van der Waals surface area (Å²) in [7, 11) is 1.68. The lowest BCUT2D eigenvalue weighted by Crippen LogP contribution is -2.48. The normalized spacial score (nSPS) is 20.6. The molecule has 4 rings (SSSR count). The molecule has 28 heavy (non-hydrogen) atoms. The van der Waals surface area contributed by atoms with Crippen LogP contribution in [0.5, 0.6) is 5.75 Å². The van der Waals surface area contributed by atoms with E-state index in [2.05, 4.69) is 56.6 Å². The van der Waals surface area contributed by atoms with Gasteiger partial charge in [0.2, 0.25) is 0 Å². The number of nitrogens with one attached hydrogen (secondary N) is 1. The van der Waals surface area contributed by atoms with Gasteiger partial charge in [0.1, 0.15) is 11.9 Å². The molecule has 2 heterocycles. The minimum absolute atomic E-state index is 0.0142. The molecule has 6 nitrogen and oxygen atoms in total. The van der Waals surface area contributed by atoms with Crippen LogP contribution < -0.4 is 10.2 Å². The maximum Gasteiger partial charge on any atom is 0.189 e. The van der Waals surface area contributed by atoms with Crippen molar-refractivity contribution < 1.29 is 9.47 Å². The second-order valence-electron chi connectivity index (χ2n) is 7.00. The van der Waals surface area contributed by atoms with Crippen molar-refractivity contribution in [3.05, 3.63) is 65.7 Å². The smallest absolute Gasteiger partial charge is 0.189 e. The van der Waals surface area contributed by atoms with E-state index in [4.69, 9.17) is 21.7 Å². The molecular formula is C21H26N4O2S. The van der Waals surface area contributed by atoms with Crippen LogP contribution in [-0.2, 0) is 11.3 Å². The van der Waals surface area contributed by atoms with Gasteiger partial charge in [0.25, 0.3) is 0 Å². The van der Waals surface area contributed by atoms with E-state index >= 15 is 0 Å². The highest BCUT2D eigenvalue weighted by Gasteiger charge is 2.35. The van der Waals surface area contributed by atoms with Crippen molar-refractivity contribution in [3.8, 4) is 5.75 Å². The fraction of sp³-hybridized carbons (Fsp3) is 0.381. The quantitative estimate of drug-likeness (QED) is 0.750. The van der Waals surface area contributed by atoms with E-state index in [0.717, 1.165) is 55.9 Å². The average Bonchev–Trinajstić information content (AvgIpc) is 3.05. The van der Waals surface area contributed by atoms with Gasteiger partial charge in [-0.1, -0.05) is 42.5 Å². The average molecular weight is 399 g/mol. The van der Waals surface area contributed by atoms with Crippen LogP contribution in [0.3, 0.4) is 0 Å². The number of hydrogen-bond acceptors (Lipinski definition) is 5. The summed E-state index contributed by atoms with van der Waals surface area (Å²) >= 11 is 5.86. The van der Waals surface area contributed by atoms with E-state index in [0.29, 0.717) is 0 Å². The Bertz CT molecular complexity index is 781. The lowest BCUT2D eigenvalue weighted by atomic mass is 10.1. The number of hydrazine groups is 1. The predicted octanol–water partition coefficient (Wildman–Crippen LogP) is 2.59. The maximum atomic E-state index is 5.86. The van der Waals surface area contributed by atoms with Crippen molar-refractivity contribution in [1.82, 2.24) is 20.2 Å². The van der Waals surface area contributed by atoms with Crippen molar-refractivity contribution in [1.29, 1.82) is 0 Å². The summed E-state index contributed by atoms with van der Waals surface area (Å²) in [5.74, 6) is 0.851. The van der Waals surface area contributed by atoms with E-state index in [9.17, 15) is 0 Å². The molecule has 2 aromatic carbocycles. The molecule has 1 N–H and O–H groups in total. The molecule has 0 unspecified atom stereocenters. The van der Waals surface area contributed by atoms with E-state index in [1.54, 1.807) is 7.11 Å². The largest absolute Gasteiger partial charge is 0.497 e. The standard InChI is InChI=1S/C21H26N4O2S/c1-26-19-9-7-18(8-10-19)20-22-25(16-23-11-13-27-14-12-23)21(28)24(20)15-17-5-3-2-4-6-17/h2-10,20,22H,11-16H2,1H3/t20-/m0/s1. The molecule has 0 bridgehead atoms. The van der Waals surface area contributed by atoms with Gasteiger partial charge in [0.05, 0.1) is 27.0 Å². The molecule has 1 atom stereocenters. The highest BCUT2D eigenvalue weighted by atomic mass is 32.1. The molecule has 0 aliphatic carbocycles. The third-order valence-corrected chi connectivity index (χ3v) is 5.59. The van der Waals surface area contributed by atoms with E-state index < -0.39 is 0 Å². The zero-order valence-electron chi connectivity index (χ0n) is 16.1. The minimum Gasteiger partial charge on any atom is -0.497 e. The van der Waals surface area contributed by atoms with E-state index in [1.807, 2.05) is 18.2 Å². The van der Waals surface area contributed by atoms with Crippen LogP contribution in [0.2, 0.25) is 0 Å². The molecular weight excluding hydrogens is 372 g/mol. The van der Waals surface area contributed by atoms with Crippen LogP contribution >= 0.6 is 12.2 Å². The number of ether oxygens (including phenoxy) is 2. The fourth-order valence-corrected chi connectivity index (χ4v) is 3.84. The van der Waals surface area contributed by atoms with Gasteiger partial charge in [-0.3, -0.25) is 9.91 Å². The molecule has 7 heteroatoms. The maximum absolute atomic E-state index is 5.86. The molecule has 0 aromatic heterocycles. The molecule has 0 spiro atoms. The number of hydrogen-bond donors (Lipinski definition) is 1. The van der Waals surface area contributed by atoms with Gasteiger partial charge in [0.15, 0.2) is 5.11 Å². The first-order chi connectivity index (χ1) is 13.7. The number of methoxy groups -OCH3 is 1. The van der Waals surface area contributed by atoms with Crippen molar-refractivity contribution >= 4 is 17.3 Å². The Labute approximate surface area is 171 Å². The van der Waals surface area contributed by atoms with Gasteiger partial charge in [-0.25, -0.2) is 5.43 Å². The molecule has 2 aromatic rings. The third-order valence-electron chi connectivity index (χ3n) is 5.14. The van der Waals surface area contributed by atoms with Crippen molar-refractivity contribution in [2.75, 3.05) is 40.1 Å². The van der Waals surface area contributed by atoms with Gasteiger partial charge in [0, 0.05) is 19.6 Å². The number of morpholine rings is 1. The van der Waals surface area contributed by atoms with E-state index in [-0.39, 0.29) is 6.17 Å². The Morgan fingerprint density at radius 3 is 2.46 bits per heavy atom. The van der Waals surface area contributed by atoms with Crippen LogP contribution in [-0.4, -0.2) is 60.0 Å². The van der Waals surface area contributed by atoms with Crippen LogP contribution in [0.1, 0.15) is 17.3 Å². The predicted molar refractivity (Wildman–Crippen MR) is 113 cm³/mol. The molecule has 2 saturated heterocycles. The molecule has 0 saturated carbocycles. The van der Waals surface area contributed by atoms with Gasteiger partial charge >= 0.3 is 0 Å². The summed E-state index contributed by atoms with van der Waals surface area (Å²) in [5.41, 5.74) is 6.00. The second kappa shape index (κ2) is 8.87. The molecule has 0 amide bonds. The van der Waals surface area contributed by atoms with Crippen molar-refractivity contribution in [3.63, 3.8) is 0 Å². The van der Waals surface area contributed by atoms with Gasteiger partial charge in [-0.05, 0) is 35.5 Å². The minimum atomic E-state index is -0.0142. The molecule has 2 fully saturated rings.